The third-order valence-electron chi connectivity index (χ3n) is 8.49. The van der Waals surface area contributed by atoms with Crippen molar-refractivity contribution in [3.05, 3.63) is 68.7 Å². The Morgan fingerprint density at radius 2 is 1.85 bits per heavy atom. The zero-order chi connectivity index (χ0) is 28.1. The average Bonchev–Trinajstić information content (AvgIpc) is 3.43. The standard InChI is InChI=1S/C31H29Cl2N3O4S/c1-17-11-21(39-16-37)9-10-23(17)27-15-41-31(34-27)36-19-7-8-20(36)13-22(12-19)38-14-24-29(35-40-30(24)18-5-6-18)28-25(32)3-2-4-26(28)33/h2-4,9-11,15-16,18-20,22H,5-8,12-14H2,1H3/t19-,20+,22+. The van der Waals surface area contributed by atoms with Crippen LogP contribution in [-0.4, -0.2) is 34.8 Å². The number of aromatic nitrogens is 2. The second-order valence-corrected chi connectivity index (χ2v) is 12.8. The number of hydrogen-bond acceptors (Lipinski definition) is 8. The largest absolute Gasteiger partial charge is 0.429 e. The average molecular weight is 611 g/mol. The maximum absolute atomic E-state index is 10.7. The number of aryl methyl sites for hydroxylation is 1. The number of ether oxygens (including phenoxy) is 2. The summed E-state index contributed by atoms with van der Waals surface area (Å²) in [5, 5.41) is 8.71. The smallest absolute Gasteiger partial charge is 0.298 e. The van der Waals surface area contributed by atoms with Crippen LogP contribution in [0, 0.1) is 6.92 Å². The molecule has 4 heterocycles. The number of halogens is 2. The van der Waals surface area contributed by atoms with Crippen LogP contribution in [0.2, 0.25) is 10.0 Å². The number of nitrogens with zero attached hydrogens (tertiary/aromatic N) is 3. The molecular weight excluding hydrogens is 581 g/mol. The van der Waals surface area contributed by atoms with Gasteiger partial charge >= 0.3 is 0 Å². The van der Waals surface area contributed by atoms with E-state index in [-0.39, 0.29) is 6.10 Å². The monoisotopic (exact) mass is 609 g/mol. The van der Waals surface area contributed by atoms with Gasteiger partial charge in [0, 0.05) is 40.1 Å². The molecule has 2 saturated heterocycles. The van der Waals surface area contributed by atoms with Gasteiger partial charge in [0.05, 0.1) is 28.5 Å². The van der Waals surface area contributed by atoms with E-state index >= 15 is 0 Å². The SMILES string of the molecule is Cc1cc(OC=O)ccc1-c1csc(N2[C@@H]3CC[C@H]2C[C@@H](OCc2c(-c4c(Cl)cccc4Cl)noc2C2CC2)C3)n1. The lowest BCUT2D eigenvalue weighted by Gasteiger charge is -2.38. The number of hydrogen-bond donors (Lipinski definition) is 0. The summed E-state index contributed by atoms with van der Waals surface area (Å²) in [5.74, 6) is 1.84. The fourth-order valence-electron chi connectivity index (χ4n) is 6.38. The van der Waals surface area contributed by atoms with E-state index in [0.717, 1.165) is 71.8 Å². The second kappa shape index (κ2) is 11.1. The van der Waals surface area contributed by atoms with E-state index in [1.54, 1.807) is 17.4 Å². The number of carbonyl (C=O) groups excluding carboxylic acids is 1. The summed E-state index contributed by atoms with van der Waals surface area (Å²) in [6, 6.07) is 11.9. The molecule has 4 aromatic rings. The van der Waals surface area contributed by atoms with Crippen LogP contribution in [-0.2, 0) is 16.1 Å². The Morgan fingerprint density at radius 1 is 1.10 bits per heavy atom. The van der Waals surface area contributed by atoms with Crippen LogP contribution in [0.25, 0.3) is 22.5 Å². The van der Waals surface area contributed by atoms with Crippen LogP contribution in [0.5, 0.6) is 5.75 Å². The number of benzene rings is 2. The molecule has 7 nitrogen and oxygen atoms in total. The zero-order valence-corrected chi connectivity index (χ0v) is 24.8. The molecular formula is C31H29Cl2N3O4S. The first-order valence-corrected chi connectivity index (χ1v) is 15.6. The lowest BCUT2D eigenvalue weighted by atomic mass is 10.00. The first kappa shape index (κ1) is 27.0. The predicted octanol–water partition coefficient (Wildman–Crippen LogP) is 8.21. The van der Waals surface area contributed by atoms with Gasteiger partial charge in [-0.25, -0.2) is 4.98 Å². The predicted molar refractivity (Wildman–Crippen MR) is 160 cm³/mol. The van der Waals surface area contributed by atoms with Gasteiger partial charge in [-0.05, 0) is 81.3 Å². The number of anilines is 1. The Morgan fingerprint density at radius 3 is 2.54 bits per heavy atom. The van der Waals surface area contributed by atoms with Gasteiger partial charge in [0.2, 0.25) is 0 Å². The summed E-state index contributed by atoms with van der Waals surface area (Å²) in [4.78, 5) is 18.2. The number of piperidine rings is 1. The summed E-state index contributed by atoms with van der Waals surface area (Å²) >= 11 is 14.8. The highest BCUT2D eigenvalue weighted by molar-refractivity contribution is 7.14. The van der Waals surface area contributed by atoms with Gasteiger partial charge in [0.15, 0.2) is 5.13 Å². The fourth-order valence-corrected chi connectivity index (χ4v) is 7.93. The van der Waals surface area contributed by atoms with Gasteiger partial charge in [0.1, 0.15) is 17.2 Å². The van der Waals surface area contributed by atoms with Crippen LogP contribution in [0.4, 0.5) is 5.13 Å². The van der Waals surface area contributed by atoms with E-state index in [0.29, 0.717) is 58.1 Å². The van der Waals surface area contributed by atoms with Crippen molar-refractivity contribution in [2.75, 3.05) is 4.90 Å². The third kappa shape index (κ3) is 5.16. The van der Waals surface area contributed by atoms with Crippen molar-refractivity contribution >= 4 is 46.1 Å². The molecule has 7 rings (SSSR count). The maximum Gasteiger partial charge on any atom is 0.298 e. The molecule has 2 bridgehead atoms. The Kier molecular flexibility index (Phi) is 7.27. The van der Waals surface area contributed by atoms with E-state index in [1.807, 2.05) is 37.3 Å². The quantitative estimate of drug-likeness (QED) is 0.177. The highest BCUT2D eigenvalue weighted by Crippen LogP contribution is 2.47. The second-order valence-electron chi connectivity index (χ2n) is 11.1. The molecule has 41 heavy (non-hydrogen) atoms. The van der Waals surface area contributed by atoms with Crippen molar-refractivity contribution in [2.45, 2.75) is 76.2 Å². The number of thiazole rings is 1. The van der Waals surface area contributed by atoms with Crippen LogP contribution in [0.15, 0.2) is 46.3 Å². The van der Waals surface area contributed by atoms with Crippen LogP contribution >= 0.6 is 34.5 Å². The van der Waals surface area contributed by atoms with E-state index in [2.05, 4.69) is 15.4 Å². The van der Waals surface area contributed by atoms with Crippen molar-refractivity contribution in [3.63, 3.8) is 0 Å². The minimum atomic E-state index is 0.146. The van der Waals surface area contributed by atoms with Crippen molar-refractivity contribution in [1.29, 1.82) is 0 Å². The Labute approximate surface area is 252 Å². The summed E-state index contributed by atoms with van der Waals surface area (Å²) in [6.45, 7) is 2.89. The van der Waals surface area contributed by atoms with Gasteiger partial charge < -0.3 is 18.9 Å². The van der Waals surface area contributed by atoms with Gasteiger partial charge in [-0.15, -0.1) is 11.3 Å². The molecule has 0 radical (unpaired) electrons. The van der Waals surface area contributed by atoms with Gasteiger partial charge in [0.25, 0.3) is 6.47 Å². The fraction of sp³-hybridized carbons (Fsp3) is 0.387. The molecule has 1 aliphatic carbocycles. The summed E-state index contributed by atoms with van der Waals surface area (Å²) in [6.07, 6.45) is 6.53. The van der Waals surface area contributed by atoms with Crippen molar-refractivity contribution in [1.82, 2.24) is 10.1 Å². The van der Waals surface area contributed by atoms with E-state index in [9.17, 15) is 4.79 Å². The molecule has 1 saturated carbocycles. The van der Waals surface area contributed by atoms with Gasteiger partial charge in [-0.3, -0.25) is 4.79 Å². The van der Waals surface area contributed by atoms with Crippen molar-refractivity contribution in [3.8, 4) is 28.3 Å². The molecule has 3 aliphatic rings. The lowest BCUT2D eigenvalue weighted by molar-refractivity contribution is -0.120. The molecule has 0 amide bonds. The molecule has 212 valence electrons. The number of fused-ring (bicyclic) bond motifs is 2. The number of carbonyl (C=O) groups is 1. The minimum absolute atomic E-state index is 0.146. The Bertz CT molecular complexity index is 1570. The summed E-state index contributed by atoms with van der Waals surface area (Å²) < 4.78 is 17.4. The maximum atomic E-state index is 10.7. The lowest BCUT2D eigenvalue weighted by Crippen LogP contribution is -2.45. The number of rotatable bonds is 9. The first-order valence-electron chi connectivity index (χ1n) is 14.0. The molecule has 0 spiro atoms. The highest BCUT2D eigenvalue weighted by atomic mass is 35.5. The molecule has 3 atom stereocenters. The van der Waals surface area contributed by atoms with E-state index < -0.39 is 0 Å². The summed E-state index contributed by atoms with van der Waals surface area (Å²) in [7, 11) is 0. The van der Waals surface area contributed by atoms with Crippen LogP contribution in [0.1, 0.15) is 61.3 Å². The molecule has 2 aromatic heterocycles. The van der Waals surface area contributed by atoms with Crippen molar-refractivity contribution in [2.24, 2.45) is 0 Å². The van der Waals surface area contributed by atoms with Gasteiger partial charge in [-0.2, -0.15) is 0 Å². The third-order valence-corrected chi connectivity index (χ3v) is 9.97. The van der Waals surface area contributed by atoms with E-state index in [1.165, 1.54) is 0 Å². The first-order chi connectivity index (χ1) is 20.0. The molecule has 3 fully saturated rings. The zero-order valence-electron chi connectivity index (χ0n) is 22.5. The van der Waals surface area contributed by atoms with Crippen LogP contribution < -0.4 is 9.64 Å². The topological polar surface area (TPSA) is 77.7 Å². The molecule has 2 aliphatic heterocycles. The Hall–Kier alpha value is -2.91. The molecule has 10 heteroatoms. The Balaban J connectivity index is 1.06. The normalized spacial score (nSPS) is 21.8. The highest BCUT2D eigenvalue weighted by Gasteiger charge is 2.43. The van der Waals surface area contributed by atoms with Crippen LogP contribution in [0.3, 0.4) is 0 Å². The van der Waals surface area contributed by atoms with Gasteiger partial charge in [-0.1, -0.05) is 34.4 Å². The van der Waals surface area contributed by atoms with E-state index in [4.69, 9.17) is 42.2 Å². The molecule has 0 unspecified atom stereocenters. The molecule has 2 aromatic carbocycles. The van der Waals surface area contributed by atoms with Crippen molar-refractivity contribution < 1.29 is 18.8 Å². The minimum Gasteiger partial charge on any atom is -0.429 e. The molecule has 0 N–H and O–H groups in total. The summed E-state index contributed by atoms with van der Waals surface area (Å²) in [5.41, 5.74) is 5.39.